The summed E-state index contributed by atoms with van der Waals surface area (Å²) in [6.45, 7) is 12.9. The summed E-state index contributed by atoms with van der Waals surface area (Å²) in [5.41, 5.74) is 11.7. The number of fused-ring (bicyclic) bond motifs is 3. The van der Waals surface area contributed by atoms with Crippen molar-refractivity contribution in [2.24, 2.45) is 0 Å². The Labute approximate surface area is 321 Å². The summed E-state index contributed by atoms with van der Waals surface area (Å²) < 4.78 is 11.9. The minimum absolute atomic E-state index is 0. The fraction of sp³-hybridized carbons (Fsp3) is 0.174. The van der Waals surface area contributed by atoms with Crippen LogP contribution in [0, 0.1) is 27.9 Å². The SMILES string of the molecule is [CH2-]c1ccc2c(oc3cc(-c4ccccc4)ccc32)c1-c1cc(C(CC)CC)cc[n+]1[CH2-].[CH2-]c1ccccc1-c1cc[c]([Ge]([CH3])([CH3])[CH3])c[n+]1[CH2-].[Ir]. The minimum Gasteiger partial charge on any atom is 0 e. The first-order valence-electron chi connectivity index (χ1n) is 17.5. The van der Waals surface area contributed by atoms with Crippen molar-refractivity contribution in [2.75, 3.05) is 0 Å². The standard InChI is InChI=1S/C30H28NO.C16H20GeN.Ir/c1-5-21(6-2)24-16-17-31(4)27(18-24)29-20(3)12-14-26-25-15-13-23(19-28(25)32-30(26)29)22-10-8-7-9-11-22;1-13-8-6-7-9-15(13)16-11-10-14(12-18(16)5)17(2,3)4;/h7-19,21H,3-6H2,1-2H3;6-12H,1,5H2,2-4H3;/q2*-1;. The van der Waals surface area contributed by atoms with Crippen molar-refractivity contribution >= 4 is 39.6 Å². The molecule has 3 nitrogen and oxygen atoms in total. The second kappa shape index (κ2) is 15.9. The third-order valence-corrected chi connectivity index (χ3v) is 14.0. The molecule has 0 atom stereocenters. The Hall–Kier alpha value is -4.35. The second-order valence-corrected chi connectivity index (χ2v) is 24.8. The molecule has 7 rings (SSSR count). The van der Waals surface area contributed by atoms with Gasteiger partial charge in [0.05, 0.1) is 17.5 Å². The molecule has 3 aromatic heterocycles. The van der Waals surface area contributed by atoms with Gasteiger partial charge in [-0.2, -0.15) is 18.6 Å². The number of benzene rings is 4. The predicted octanol–water partition coefficient (Wildman–Crippen LogP) is 10.9. The normalized spacial score (nSPS) is 11.3. The Balaban J connectivity index is 0.000000226. The zero-order valence-electron chi connectivity index (χ0n) is 30.5. The molecular formula is C46H48GeIrN2O-2. The van der Waals surface area contributed by atoms with Crippen LogP contribution in [0.1, 0.15) is 49.3 Å². The molecule has 0 N–H and O–H groups in total. The summed E-state index contributed by atoms with van der Waals surface area (Å²) >= 11 is -1.78. The van der Waals surface area contributed by atoms with Crippen LogP contribution in [-0.4, -0.2) is 13.3 Å². The van der Waals surface area contributed by atoms with E-state index < -0.39 is 13.3 Å². The first kappa shape index (κ1) is 37.9. The quantitative estimate of drug-likeness (QED) is 0.0887. The summed E-state index contributed by atoms with van der Waals surface area (Å²) in [7, 11) is 8.38. The van der Waals surface area contributed by atoms with Gasteiger partial charge >= 0.3 is 113 Å². The monoisotopic (exact) mass is 911 g/mol. The predicted molar refractivity (Wildman–Crippen MR) is 214 cm³/mol. The van der Waals surface area contributed by atoms with Crippen LogP contribution in [-0.2, 0) is 20.1 Å². The number of hydrogen-bond donors (Lipinski definition) is 0. The molecule has 0 bridgehead atoms. The topological polar surface area (TPSA) is 20.9 Å². The first-order chi connectivity index (χ1) is 24.0. The van der Waals surface area contributed by atoms with Crippen LogP contribution in [0.3, 0.4) is 0 Å². The molecule has 0 unspecified atom stereocenters. The van der Waals surface area contributed by atoms with Gasteiger partial charge < -0.3 is 8.98 Å². The summed E-state index contributed by atoms with van der Waals surface area (Å²) in [6.07, 6.45) is 6.47. The fourth-order valence-electron chi connectivity index (χ4n) is 6.75. The zero-order valence-corrected chi connectivity index (χ0v) is 35.0. The molecule has 0 spiro atoms. The van der Waals surface area contributed by atoms with Gasteiger partial charge in [-0.3, -0.25) is 0 Å². The van der Waals surface area contributed by atoms with E-state index in [9.17, 15) is 0 Å². The number of furan rings is 1. The van der Waals surface area contributed by atoms with Crippen LogP contribution in [0.25, 0.3) is 55.6 Å². The molecule has 4 aromatic carbocycles. The number of rotatable bonds is 7. The average Bonchev–Trinajstić information content (AvgIpc) is 3.48. The molecule has 7 aromatic rings. The molecule has 5 heteroatoms. The van der Waals surface area contributed by atoms with Crippen LogP contribution in [0.5, 0.6) is 0 Å². The van der Waals surface area contributed by atoms with Gasteiger partial charge in [-0.15, -0.1) is 6.07 Å². The maximum Gasteiger partial charge on any atom is 0 e. The van der Waals surface area contributed by atoms with E-state index in [-0.39, 0.29) is 20.1 Å². The Morgan fingerprint density at radius 1 is 0.667 bits per heavy atom. The van der Waals surface area contributed by atoms with E-state index in [4.69, 9.17) is 4.42 Å². The van der Waals surface area contributed by atoms with Crippen molar-refractivity contribution in [3.05, 3.63) is 166 Å². The van der Waals surface area contributed by atoms with Crippen molar-refractivity contribution < 1.29 is 33.7 Å². The Kier molecular flexibility index (Phi) is 11.8. The van der Waals surface area contributed by atoms with E-state index in [1.165, 1.54) is 15.5 Å². The molecule has 51 heavy (non-hydrogen) atoms. The molecule has 1 radical (unpaired) electrons. The molecular weight excluding hydrogens is 861 g/mol. The summed E-state index contributed by atoms with van der Waals surface area (Å²) in [4.78, 5) is 0. The molecule has 263 valence electrons. The second-order valence-electron chi connectivity index (χ2n) is 14.2. The molecule has 0 aliphatic rings. The average molecular weight is 910 g/mol. The van der Waals surface area contributed by atoms with Gasteiger partial charge in [-0.1, -0.05) is 73.5 Å². The maximum absolute atomic E-state index is 6.51. The molecule has 3 heterocycles. The first-order valence-corrected chi connectivity index (χ1v) is 24.9. The van der Waals surface area contributed by atoms with Crippen molar-refractivity contribution in [1.82, 2.24) is 0 Å². The molecule has 0 amide bonds. The van der Waals surface area contributed by atoms with E-state index in [0.717, 1.165) is 74.0 Å². The van der Waals surface area contributed by atoms with Crippen LogP contribution in [0.15, 0.2) is 126 Å². The summed E-state index contributed by atoms with van der Waals surface area (Å²) in [5, 5.41) is 2.22. The van der Waals surface area contributed by atoms with Crippen molar-refractivity contribution in [2.45, 2.75) is 49.9 Å². The molecule has 0 saturated heterocycles. The van der Waals surface area contributed by atoms with Crippen LogP contribution < -0.4 is 13.5 Å². The molecule has 0 saturated carbocycles. The Morgan fingerprint density at radius 3 is 2.02 bits per heavy atom. The Bertz CT molecular complexity index is 2280. The van der Waals surface area contributed by atoms with Crippen LogP contribution in [0.4, 0.5) is 0 Å². The van der Waals surface area contributed by atoms with Crippen molar-refractivity contribution in [3.63, 3.8) is 0 Å². The van der Waals surface area contributed by atoms with Gasteiger partial charge in [-0.25, -0.2) is 0 Å². The number of pyridine rings is 2. The van der Waals surface area contributed by atoms with Crippen molar-refractivity contribution in [3.8, 4) is 33.6 Å². The van der Waals surface area contributed by atoms with Gasteiger partial charge in [0.25, 0.3) is 0 Å². The Morgan fingerprint density at radius 2 is 1.35 bits per heavy atom. The van der Waals surface area contributed by atoms with E-state index >= 15 is 0 Å². The zero-order chi connectivity index (χ0) is 35.6. The molecule has 0 fully saturated rings. The maximum atomic E-state index is 6.51. The van der Waals surface area contributed by atoms with Gasteiger partial charge in [0.15, 0.2) is 0 Å². The van der Waals surface area contributed by atoms with Crippen LogP contribution >= 0.6 is 0 Å². The minimum atomic E-state index is -1.78. The summed E-state index contributed by atoms with van der Waals surface area (Å²) in [6, 6.07) is 38.1. The molecule has 0 aliphatic carbocycles. The smallest absolute Gasteiger partial charge is 0 e. The van der Waals surface area contributed by atoms with E-state index in [2.05, 4.69) is 156 Å². The van der Waals surface area contributed by atoms with Gasteiger partial charge in [0.1, 0.15) is 5.58 Å². The number of aromatic nitrogens is 2. The summed E-state index contributed by atoms with van der Waals surface area (Å²) in [5.74, 6) is 7.71. The molecule has 0 aliphatic heterocycles. The fourth-order valence-corrected chi connectivity index (χ4v) is 9.11. The van der Waals surface area contributed by atoms with E-state index in [0.29, 0.717) is 5.92 Å². The number of nitrogens with zero attached hydrogens (tertiary/aromatic N) is 2. The van der Waals surface area contributed by atoms with Gasteiger partial charge in [0, 0.05) is 37.9 Å². The van der Waals surface area contributed by atoms with E-state index in [1.807, 2.05) is 33.4 Å². The van der Waals surface area contributed by atoms with E-state index in [1.54, 1.807) is 0 Å². The van der Waals surface area contributed by atoms with Crippen LogP contribution in [0.2, 0.25) is 17.3 Å². The number of hydrogen-bond acceptors (Lipinski definition) is 1. The van der Waals surface area contributed by atoms with Gasteiger partial charge in [0.2, 0.25) is 0 Å². The third-order valence-electron chi connectivity index (χ3n) is 9.79. The van der Waals surface area contributed by atoms with Gasteiger partial charge in [-0.05, 0) is 42.0 Å². The third kappa shape index (κ3) is 7.94. The largest absolute Gasteiger partial charge is 0 e. The van der Waals surface area contributed by atoms with Crippen molar-refractivity contribution in [1.29, 1.82) is 0 Å².